The fraction of sp³-hybridized carbons (Fsp3) is 0.167. The summed E-state index contributed by atoms with van der Waals surface area (Å²) in [5, 5.41) is 12.4. The summed E-state index contributed by atoms with van der Waals surface area (Å²) in [5.41, 5.74) is 1.71. The molecule has 0 bridgehead atoms. The lowest BCUT2D eigenvalue weighted by Crippen LogP contribution is -2.28. The monoisotopic (exact) mass is 407 g/mol. The minimum absolute atomic E-state index is 0.120. The van der Waals surface area contributed by atoms with Crippen LogP contribution in [0, 0.1) is 0 Å². The zero-order valence-electron chi connectivity index (χ0n) is 13.8. The van der Waals surface area contributed by atoms with Gasteiger partial charge in [-0.25, -0.2) is 0 Å². The third-order valence-electron chi connectivity index (χ3n) is 3.55. The van der Waals surface area contributed by atoms with Crippen LogP contribution in [0.15, 0.2) is 58.2 Å². The van der Waals surface area contributed by atoms with Crippen molar-refractivity contribution in [1.82, 2.24) is 15.5 Å². The first-order chi connectivity index (χ1) is 12.5. The Bertz CT molecular complexity index is 899. The van der Waals surface area contributed by atoms with Gasteiger partial charge in [-0.2, -0.15) is 0 Å². The molecule has 1 N–H and O–H groups in total. The van der Waals surface area contributed by atoms with Crippen LogP contribution in [0.25, 0.3) is 11.5 Å². The third-order valence-corrected chi connectivity index (χ3v) is 4.86. The van der Waals surface area contributed by atoms with E-state index in [2.05, 4.69) is 15.5 Å². The molecule has 5 nitrogen and oxygen atoms in total. The Hall–Kier alpha value is -2.02. The van der Waals surface area contributed by atoms with Gasteiger partial charge in [0.05, 0.1) is 11.8 Å². The molecule has 0 saturated carbocycles. The molecule has 0 radical (unpaired) electrons. The number of aromatic nitrogens is 2. The second kappa shape index (κ2) is 8.58. The van der Waals surface area contributed by atoms with E-state index in [1.165, 1.54) is 11.8 Å². The van der Waals surface area contributed by atoms with E-state index in [0.717, 1.165) is 11.1 Å². The van der Waals surface area contributed by atoms with E-state index < -0.39 is 0 Å². The van der Waals surface area contributed by atoms with Crippen molar-refractivity contribution in [1.29, 1.82) is 0 Å². The Labute approximate surface area is 165 Å². The number of rotatable bonds is 6. The number of benzene rings is 2. The molecule has 1 atom stereocenters. The van der Waals surface area contributed by atoms with Gasteiger partial charge in [-0.1, -0.05) is 53.2 Å². The molecule has 26 heavy (non-hydrogen) atoms. The second-order valence-corrected chi connectivity index (χ2v) is 7.31. The van der Waals surface area contributed by atoms with Crippen LogP contribution in [0.3, 0.4) is 0 Å². The van der Waals surface area contributed by atoms with Crippen molar-refractivity contribution in [3.63, 3.8) is 0 Å². The predicted octanol–water partition coefficient (Wildman–Crippen LogP) is 5.01. The zero-order valence-corrected chi connectivity index (χ0v) is 16.1. The number of hydrogen-bond acceptors (Lipinski definition) is 5. The van der Waals surface area contributed by atoms with Crippen molar-refractivity contribution in [3.8, 4) is 11.5 Å². The first-order valence-corrected chi connectivity index (χ1v) is 9.52. The molecule has 1 amide bonds. The third kappa shape index (κ3) is 5.00. The summed E-state index contributed by atoms with van der Waals surface area (Å²) in [6, 6.07) is 14.4. The van der Waals surface area contributed by atoms with E-state index in [1.54, 1.807) is 30.3 Å². The van der Waals surface area contributed by atoms with Gasteiger partial charge in [-0.05, 0) is 42.8 Å². The number of amides is 1. The lowest BCUT2D eigenvalue weighted by Gasteiger charge is -2.13. The topological polar surface area (TPSA) is 68.0 Å². The highest BCUT2D eigenvalue weighted by molar-refractivity contribution is 7.99. The van der Waals surface area contributed by atoms with E-state index in [0.29, 0.717) is 21.2 Å². The number of hydrogen-bond donors (Lipinski definition) is 1. The average Bonchev–Trinajstić information content (AvgIpc) is 3.09. The quantitative estimate of drug-likeness (QED) is 0.581. The van der Waals surface area contributed by atoms with Gasteiger partial charge in [0.25, 0.3) is 5.22 Å². The summed E-state index contributed by atoms with van der Waals surface area (Å²) in [5.74, 6) is 0.416. The maximum Gasteiger partial charge on any atom is 0.277 e. The van der Waals surface area contributed by atoms with Gasteiger partial charge in [0.1, 0.15) is 0 Å². The number of nitrogens with zero attached hydrogens (tertiary/aromatic N) is 2. The highest BCUT2D eigenvalue weighted by atomic mass is 35.5. The van der Waals surface area contributed by atoms with E-state index in [-0.39, 0.29) is 17.7 Å². The number of halogens is 2. The molecule has 0 saturated heterocycles. The van der Waals surface area contributed by atoms with Crippen molar-refractivity contribution in [2.45, 2.75) is 18.2 Å². The summed E-state index contributed by atoms with van der Waals surface area (Å²) < 4.78 is 5.57. The van der Waals surface area contributed by atoms with Gasteiger partial charge in [-0.15, -0.1) is 10.2 Å². The molecule has 0 fully saturated rings. The second-order valence-electron chi connectivity index (χ2n) is 5.51. The van der Waals surface area contributed by atoms with E-state index in [9.17, 15) is 4.79 Å². The maximum atomic E-state index is 12.1. The van der Waals surface area contributed by atoms with Gasteiger partial charge < -0.3 is 9.73 Å². The lowest BCUT2D eigenvalue weighted by atomic mass is 10.1. The highest BCUT2D eigenvalue weighted by Gasteiger charge is 2.13. The number of carbonyl (C=O) groups is 1. The molecule has 0 spiro atoms. The SMILES string of the molecule is C[C@@H](NC(=O)CSc1nnc(-c2cccc(Cl)c2)o1)c1ccc(Cl)cc1. The van der Waals surface area contributed by atoms with Gasteiger partial charge in [0.15, 0.2) is 0 Å². The summed E-state index contributed by atoms with van der Waals surface area (Å²) in [4.78, 5) is 12.1. The van der Waals surface area contributed by atoms with Crippen LogP contribution in [0.1, 0.15) is 18.5 Å². The Morgan fingerprint density at radius 3 is 2.65 bits per heavy atom. The van der Waals surface area contributed by atoms with Crippen LogP contribution in [-0.2, 0) is 4.79 Å². The van der Waals surface area contributed by atoms with Crippen molar-refractivity contribution < 1.29 is 9.21 Å². The normalized spacial score (nSPS) is 12.0. The van der Waals surface area contributed by atoms with Crippen LogP contribution in [0.2, 0.25) is 10.0 Å². The van der Waals surface area contributed by atoms with Gasteiger partial charge in [-0.3, -0.25) is 4.79 Å². The minimum atomic E-state index is -0.125. The average molecular weight is 408 g/mol. The summed E-state index contributed by atoms with van der Waals surface area (Å²) in [6.45, 7) is 1.91. The maximum absolute atomic E-state index is 12.1. The number of nitrogens with one attached hydrogen (secondary N) is 1. The standard InChI is InChI=1S/C18H15Cl2N3O2S/c1-11(12-5-7-14(19)8-6-12)21-16(24)10-26-18-23-22-17(25-18)13-3-2-4-15(20)9-13/h2-9,11H,10H2,1H3,(H,21,24)/t11-/m1/s1. The molecule has 134 valence electrons. The largest absolute Gasteiger partial charge is 0.411 e. The number of carbonyl (C=O) groups excluding carboxylic acids is 1. The fourth-order valence-electron chi connectivity index (χ4n) is 2.25. The van der Waals surface area contributed by atoms with Gasteiger partial charge in [0.2, 0.25) is 11.8 Å². The molecule has 8 heteroatoms. The Balaban J connectivity index is 1.54. The lowest BCUT2D eigenvalue weighted by molar-refractivity contribution is -0.119. The van der Waals surface area contributed by atoms with Crippen LogP contribution >= 0.6 is 35.0 Å². The first-order valence-electron chi connectivity index (χ1n) is 7.78. The van der Waals surface area contributed by atoms with Crippen LogP contribution in [-0.4, -0.2) is 21.9 Å². The first kappa shape index (κ1) is 18.8. The van der Waals surface area contributed by atoms with Crippen molar-refractivity contribution in [2.24, 2.45) is 0 Å². The van der Waals surface area contributed by atoms with Crippen molar-refractivity contribution in [2.75, 3.05) is 5.75 Å². The van der Waals surface area contributed by atoms with Crippen LogP contribution in [0.5, 0.6) is 0 Å². The summed E-state index contributed by atoms with van der Waals surface area (Å²) >= 11 is 13.0. The molecule has 1 aromatic heterocycles. The molecular weight excluding hydrogens is 393 g/mol. The molecule has 1 heterocycles. The van der Waals surface area contributed by atoms with E-state index >= 15 is 0 Å². The number of thioether (sulfide) groups is 1. The van der Waals surface area contributed by atoms with Crippen LogP contribution < -0.4 is 5.32 Å². The molecule has 0 aliphatic carbocycles. The molecule has 2 aromatic carbocycles. The summed E-state index contributed by atoms with van der Waals surface area (Å²) in [6.07, 6.45) is 0. The minimum Gasteiger partial charge on any atom is -0.411 e. The molecular formula is C18H15Cl2N3O2S. The van der Waals surface area contributed by atoms with E-state index in [4.69, 9.17) is 27.6 Å². The predicted molar refractivity (Wildman–Crippen MR) is 103 cm³/mol. The summed E-state index contributed by atoms with van der Waals surface area (Å²) in [7, 11) is 0. The Morgan fingerprint density at radius 1 is 1.15 bits per heavy atom. The molecule has 0 aliphatic rings. The Kier molecular flexibility index (Phi) is 6.19. The molecule has 0 unspecified atom stereocenters. The molecule has 3 aromatic rings. The Morgan fingerprint density at radius 2 is 1.92 bits per heavy atom. The zero-order chi connectivity index (χ0) is 18.5. The fourth-order valence-corrected chi connectivity index (χ4v) is 3.14. The molecule has 3 rings (SSSR count). The van der Waals surface area contributed by atoms with E-state index in [1.807, 2.05) is 25.1 Å². The van der Waals surface area contributed by atoms with Gasteiger partial charge >= 0.3 is 0 Å². The van der Waals surface area contributed by atoms with Crippen molar-refractivity contribution >= 4 is 40.9 Å². The van der Waals surface area contributed by atoms with Crippen molar-refractivity contribution in [3.05, 3.63) is 64.1 Å². The van der Waals surface area contributed by atoms with Crippen LogP contribution in [0.4, 0.5) is 0 Å². The van der Waals surface area contributed by atoms with Gasteiger partial charge in [0, 0.05) is 15.6 Å². The molecule has 0 aliphatic heterocycles. The smallest absolute Gasteiger partial charge is 0.277 e. The highest BCUT2D eigenvalue weighted by Crippen LogP contribution is 2.25.